The second-order valence-corrected chi connectivity index (χ2v) is 8.86. The quantitative estimate of drug-likeness (QED) is 0.664. The first-order valence-corrected chi connectivity index (χ1v) is 9.69. The third-order valence-corrected chi connectivity index (χ3v) is 6.46. The molecule has 1 aliphatic heterocycles. The highest BCUT2D eigenvalue weighted by molar-refractivity contribution is 7.91. The third-order valence-electron chi connectivity index (χ3n) is 2.87. The SMILES string of the molecule is CCCNCCS(=O)(=O)N1CCCS(=O)(=O)CC1. The topological polar surface area (TPSA) is 83.6 Å². The minimum atomic E-state index is -3.33. The van der Waals surface area contributed by atoms with Crippen LogP contribution in [0.1, 0.15) is 19.8 Å². The van der Waals surface area contributed by atoms with E-state index in [0.717, 1.165) is 13.0 Å². The van der Waals surface area contributed by atoms with Gasteiger partial charge in [-0.25, -0.2) is 21.1 Å². The zero-order valence-corrected chi connectivity index (χ0v) is 12.4. The summed E-state index contributed by atoms with van der Waals surface area (Å²) in [4.78, 5) is 0. The molecule has 0 aliphatic carbocycles. The number of hydrogen-bond acceptors (Lipinski definition) is 5. The normalized spacial score (nSPS) is 21.6. The Kier molecular flexibility index (Phi) is 6.03. The molecule has 0 spiro atoms. The van der Waals surface area contributed by atoms with Crippen molar-refractivity contribution in [2.24, 2.45) is 0 Å². The van der Waals surface area contributed by atoms with Crippen LogP contribution < -0.4 is 5.32 Å². The lowest BCUT2D eigenvalue weighted by Gasteiger charge is -2.19. The molecule has 0 bridgehead atoms. The van der Waals surface area contributed by atoms with Crippen LogP contribution in [0.25, 0.3) is 0 Å². The van der Waals surface area contributed by atoms with Gasteiger partial charge < -0.3 is 5.32 Å². The molecule has 1 aliphatic rings. The van der Waals surface area contributed by atoms with Crippen molar-refractivity contribution in [2.75, 3.05) is 43.4 Å². The summed E-state index contributed by atoms with van der Waals surface area (Å²) in [6.45, 7) is 3.64. The number of rotatable bonds is 6. The monoisotopic (exact) mass is 298 g/mol. The van der Waals surface area contributed by atoms with Crippen LogP contribution in [0.15, 0.2) is 0 Å². The molecule has 1 fully saturated rings. The first-order chi connectivity index (χ1) is 8.37. The molecule has 0 saturated carbocycles. The lowest BCUT2D eigenvalue weighted by Crippen LogP contribution is -2.38. The number of hydrogen-bond donors (Lipinski definition) is 1. The van der Waals surface area contributed by atoms with Crippen molar-refractivity contribution in [1.29, 1.82) is 0 Å². The summed E-state index contributed by atoms with van der Waals surface area (Å²) < 4.78 is 48.1. The first kappa shape index (κ1) is 15.9. The van der Waals surface area contributed by atoms with Gasteiger partial charge in [0.05, 0.1) is 17.3 Å². The number of sulfone groups is 1. The van der Waals surface area contributed by atoms with E-state index in [1.807, 2.05) is 6.92 Å². The summed E-state index contributed by atoms with van der Waals surface area (Å²) in [6, 6.07) is 0. The second-order valence-electron chi connectivity index (χ2n) is 4.47. The smallest absolute Gasteiger partial charge is 0.215 e. The van der Waals surface area contributed by atoms with Gasteiger partial charge in [0.2, 0.25) is 10.0 Å². The summed E-state index contributed by atoms with van der Waals surface area (Å²) >= 11 is 0. The maximum Gasteiger partial charge on any atom is 0.215 e. The molecule has 0 aromatic carbocycles. The molecule has 108 valence electrons. The van der Waals surface area contributed by atoms with E-state index < -0.39 is 19.9 Å². The molecule has 1 saturated heterocycles. The fourth-order valence-corrected chi connectivity index (χ4v) is 4.65. The molecule has 0 amide bonds. The van der Waals surface area contributed by atoms with Crippen LogP contribution >= 0.6 is 0 Å². The highest BCUT2D eigenvalue weighted by Gasteiger charge is 2.26. The van der Waals surface area contributed by atoms with E-state index in [9.17, 15) is 16.8 Å². The van der Waals surface area contributed by atoms with Crippen molar-refractivity contribution >= 4 is 19.9 Å². The predicted molar refractivity (Wildman–Crippen MR) is 71.8 cm³/mol. The van der Waals surface area contributed by atoms with Crippen molar-refractivity contribution < 1.29 is 16.8 Å². The highest BCUT2D eigenvalue weighted by atomic mass is 32.2. The molecule has 1 rings (SSSR count). The Morgan fingerprint density at radius 3 is 2.56 bits per heavy atom. The van der Waals surface area contributed by atoms with Crippen molar-refractivity contribution in [3.63, 3.8) is 0 Å². The molecule has 1 heterocycles. The van der Waals surface area contributed by atoms with Crippen LogP contribution in [-0.4, -0.2) is 64.6 Å². The van der Waals surface area contributed by atoms with Crippen molar-refractivity contribution in [3.05, 3.63) is 0 Å². The summed E-state index contributed by atoms with van der Waals surface area (Å²) in [7, 11) is -6.39. The maximum absolute atomic E-state index is 12.0. The zero-order chi connectivity index (χ0) is 13.6. The standard InChI is InChI=1S/C10H22N2O4S2/c1-2-4-11-5-9-18(15,16)12-6-3-8-17(13,14)10-7-12/h11H,2-10H2,1H3. The summed E-state index contributed by atoms with van der Waals surface area (Å²) in [5.41, 5.74) is 0. The molecule has 0 atom stereocenters. The Labute approximate surface area is 110 Å². The molecule has 0 unspecified atom stereocenters. The molecule has 0 radical (unpaired) electrons. The Morgan fingerprint density at radius 1 is 1.17 bits per heavy atom. The Morgan fingerprint density at radius 2 is 1.89 bits per heavy atom. The highest BCUT2D eigenvalue weighted by Crippen LogP contribution is 2.09. The van der Waals surface area contributed by atoms with Gasteiger partial charge in [-0.15, -0.1) is 0 Å². The van der Waals surface area contributed by atoms with E-state index in [1.54, 1.807) is 0 Å². The van der Waals surface area contributed by atoms with Gasteiger partial charge in [0, 0.05) is 19.6 Å². The Balaban J connectivity index is 2.51. The fraction of sp³-hybridized carbons (Fsp3) is 1.00. The van der Waals surface area contributed by atoms with Gasteiger partial charge in [0.1, 0.15) is 0 Å². The molecular formula is C10H22N2O4S2. The van der Waals surface area contributed by atoms with E-state index in [-0.39, 0.29) is 23.8 Å². The lowest BCUT2D eigenvalue weighted by atomic mass is 10.5. The van der Waals surface area contributed by atoms with Crippen LogP contribution in [-0.2, 0) is 19.9 Å². The Bertz CT molecular complexity index is 444. The molecule has 18 heavy (non-hydrogen) atoms. The van der Waals surface area contributed by atoms with Gasteiger partial charge in [0.25, 0.3) is 0 Å². The average Bonchev–Trinajstić information content (AvgIpc) is 2.46. The molecule has 0 aromatic rings. The largest absolute Gasteiger partial charge is 0.316 e. The van der Waals surface area contributed by atoms with Gasteiger partial charge in [-0.1, -0.05) is 6.92 Å². The summed E-state index contributed by atoms with van der Waals surface area (Å²) in [5.74, 6) is 0.0643. The van der Waals surface area contributed by atoms with E-state index >= 15 is 0 Å². The first-order valence-electron chi connectivity index (χ1n) is 6.26. The van der Waals surface area contributed by atoms with Gasteiger partial charge >= 0.3 is 0 Å². The van der Waals surface area contributed by atoms with Crippen molar-refractivity contribution in [1.82, 2.24) is 9.62 Å². The van der Waals surface area contributed by atoms with Crippen molar-refractivity contribution in [2.45, 2.75) is 19.8 Å². The summed E-state index contributed by atoms with van der Waals surface area (Å²) in [6.07, 6.45) is 1.35. The van der Waals surface area contributed by atoms with Crippen LogP contribution in [0.2, 0.25) is 0 Å². The van der Waals surface area contributed by atoms with E-state index in [2.05, 4.69) is 5.32 Å². The molecule has 1 N–H and O–H groups in total. The number of nitrogens with one attached hydrogen (secondary N) is 1. The molecule has 6 nitrogen and oxygen atoms in total. The van der Waals surface area contributed by atoms with E-state index in [1.165, 1.54) is 4.31 Å². The van der Waals surface area contributed by atoms with Crippen LogP contribution in [0.4, 0.5) is 0 Å². The van der Waals surface area contributed by atoms with Gasteiger partial charge in [-0.3, -0.25) is 0 Å². The predicted octanol–water partition coefficient (Wildman–Crippen LogP) is -0.564. The van der Waals surface area contributed by atoms with E-state index in [0.29, 0.717) is 19.5 Å². The van der Waals surface area contributed by atoms with Gasteiger partial charge in [-0.2, -0.15) is 0 Å². The fourth-order valence-electron chi connectivity index (χ4n) is 1.83. The number of sulfonamides is 1. The van der Waals surface area contributed by atoms with Crippen LogP contribution in [0.3, 0.4) is 0 Å². The van der Waals surface area contributed by atoms with Gasteiger partial charge in [-0.05, 0) is 19.4 Å². The van der Waals surface area contributed by atoms with Crippen LogP contribution in [0, 0.1) is 0 Å². The molecule has 8 heteroatoms. The second kappa shape index (κ2) is 6.83. The van der Waals surface area contributed by atoms with Crippen molar-refractivity contribution in [3.8, 4) is 0 Å². The number of nitrogens with zero attached hydrogens (tertiary/aromatic N) is 1. The minimum absolute atomic E-state index is 0.0348. The van der Waals surface area contributed by atoms with Crippen LogP contribution in [0.5, 0.6) is 0 Å². The summed E-state index contributed by atoms with van der Waals surface area (Å²) in [5, 5.41) is 3.04. The minimum Gasteiger partial charge on any atom is -0.316 e. The molecule has 0 aromatic heterocycles. The lowest BCUT2D eigenvalue weighted by molar-refractivity contribution is 0.433. The van der Waals surface area contributed by atoms with E-state index in [4.69, 9.17) is 0 Å². The van der Waals surface area contributed by atoms with Gasteiger partial charge in [0.15, 0.2) is 9.84 Å². The average molecular weight is 298 g/mol. The Hall–Kier alpha value is -0.180. The third kappa shape index (κ3) is 5.21. The maximum atomic E-state index is 12.0. The zero-order valence-electron chi connectivity index (χ0n) is 10.8. The molecular weight excluding hydrogens is 276 g/mol.